The van der Waals surface area contributed by atoms with Crippen LogP contribution in [-0.4, -0.2) is 9.55 Å². The van der Waals surface area contributed by atoms with Crippen molar-refractivity contribution in [2.75, 3.05) is 5.73 Å². The first-order chi connectivity index (χ1) is 7.13. The highest BCUT2D eigenvalue weighted by Gasteiger charge is 2.24. The Morgan fingerprint density at radius 1 is 1.47 bits per heavy atom. The molecule has 1 saturated carbocycles. The minimum absolute atomic E-state index is 0.271. The molecule has 1 heterocycles. The van der Waals surface area contributed by atoms with Gasteiger partial charge in [-0.2, -0.15) is 0 Å². The maximum Gasteiger partial charge on any atom is 0.330 e. The molecular formula is C8H10N4O3. The molecule has 1 fully saturated rings. The van der Waals surface area contributed by atoms with Gasteiger partial charge in [0.2, 0.25) is 5.69 Å². The maximum absolute atomic E-state index is 11.6. The molecule has 1 aromatic heterocycles. The molecule has 1 aliphatic carbocycles. The Bertz CT molecular complexity index is 512. The Balaban J connectivity index is 2.56. The molecule has 0 radical (unpaired) electrons. The van der Waals surface area contributed by atoms with Gasteiger partial charge in [0.05, 0.1) is 0 Å². The van der Waals surface area contributed by atoms with E-state index in [2.05, 4.69) is 10.2 Å². The largest absolute Gasteiger partial charge is 0.383 e. The summed E-state index contributed by atoms with van der Waals surface area (Å²) in [5.41, 5.74) is 3.57. The summed E-state index contributed by atoms with van der Waals surface area (Å²) in [4.78, 5) is 35.5. The Kier molecular flexibility index (Phi) is 2.14. The third kappa shape index (κ3) is 1.67. The number of hydrogen-bond donors (Lipinski definition) is 2. The number of nitrogens with one attached hydrogen (secondary N) is 1. The predicted molar refractivity (Wildman–Crippen MR) is 53.9 cm³/mol. The van der Waals surface area contributed by atoms with Gasteiger partial charge in [-0.1, -0.05) is 0 Å². The normalized spacial score (nSPS) is 15.2. The van der Waals surface area contributed by atoms with Gasteiger partial charge in [0, 0.05) is 6.54 Å². The Hall–Kier alpha value is -1.92. The van der Waals surface area contributed by atoms with E-state index in [9.17, 15) is 14.5 Å². The van der Waals surface area contributed by atoms with Gasteiger partial charge in [0.25, 0.3) is 5.56 Å². The molecule has 0 aromatic carbocycles. The van der Waals surface area contributed by atoms with Crippen molar-refractivity contribution in [2.24, 2.45) is 11.1 Å². The molecule has 2 rings (SSSR count). The number of nitrogen functional groups attached to an aromatic ring is 1. The van der Waals surface area contributed by atoms with E-state index in [4.69, 9.17) is 5.73 Å². The van der Waals surface area contributed by atoms with Crippen LogP contribution in [0.25, 0.3) is 0 Å². The minimum atomic E-state index is -0.710. The summed E-state index contributed by atoms with van der Waals surface area (Å²) < 4.78 is 0.977. The number of nitrogens with zero attached hydrogens (tertiary/aromatic N) is 2. The summed E-state index contributed by atoms with van der Waals surface area (Å²) in [5, 5.41) is 2.52. The van der Waals surface area contributed by atoms with E-state index >= 15 is 0 Å². The SMILES string of the molecule is Nc1[nH]c(=O)n(CC2CC2)c(=O)c1N=O. The van der Waals surface area contributed by atoms with E-state index in [1.807, 2.05) is 0 Å². The van der Waals surface area contributed by atoms with Gasteiger partial charge in [-0.05, 0) is 23.9 Å². The quantitative estimate of drug-likeness (QED) is 0.680. The molecule has 1 aliphatic rings. The smallest absolute Gasteiger partial charge is 0.330 e. The molecule has 0 aliphatic heterocycles. The van der Waals surface area contributed by atoms with Crippen molar-refractivity contribution in [3.63, 3.8) is 0 Å². The highest BCUT2D eigenvalue weighted by atomic mass is 16.3. The van der Waals surface area contributed by atoms with Crippen LogP contribution in [0.3, 0.4) is 0 Å². The minimum Gasteiger partial charge on any atom is -0.383 e. The van der Waals surface area contributed by atoms with E-state index in [0.717, 1.165) is 17.4 Å². The second-order valence-electron chi connectivity index (χ2n) is 3.64. The van der Waals surface area contributed by atoms with E-state index < -0.39 is 16.9 Å². The topological polar surface area (TPSA) is 110 Å². The lowest BCUT2D eigenvalue weighted by Gasteiger charge is -2.04. The number of aromatic nitrogens is 2. The monoisotopic (exact) mass is 210 g/mol. The molecule has 1 aromatic rings. The average molecular weight is 210 g/mol. The zero-order chi connectivity index (χ0) is 11.0. The number of rotatable bonds is 3. The third-order valence-corrected chi connectivity index (χ3v) is 2.42. The van der Waals surface area contributed by atoms with Crippen molar-refractivity contribution < 1.29 is 0 Å². The summed E-state index contributed by atoms with van der Waals surface area (Å²) in [5.74, 6) is 0.0824. The van der Waals surface area contributed by atoms with Crippen LogP contribution in [-0.2, 0) is 6.54 Å². The first kappa shape index (κ1) is 9.63. The zero-order valence-electron chi connectivity index (χ0n) is 7.90. The second kappa shape index (κ2) is 3.34. The second-order valence-corrected chi connectivity index (χ2v) is 3.64. The Morgan fingerprint density at radius 2 is 2.13 bits per heavy atom. The molecule has 80 valence electrons. The number of nitrogens with two attached hydrogens (primary N) is 1. The molecular weight excluding hydrogens is 200 g/mol. The summed E-state index contributed by atoms with van der Waals surface area (Å²) in [7, 11) is 0. The highest BCUT2D eigenvalue weighted by Crippen LogP contribution is 2.29. The number of aromatic amines is 1. The lowest BCUT2D eigenvalue weighted by molar-refractivity contribution is 0.577. The van der Waals surface area contributed by atoms with E-state index in [-0.39, 0.29) is 5.82 Å². The zero-order valence-corrected chi connectivity index (χ0v) is 7.90. The van der Waals surface area contributed by atoms with Gasteiger partial charge in [0.1, 0.15) is 5.82 Å². The van der Waals surface area contributed by atoms with Gasteiger partial charge < -0.3 is 5.73 Å². The Morgan fingerprint density at radius 3 is 2.67 bits per heavy atom. The molecule has 0 atom stereocenters. The number of nitroso groups, excluding NO2 is 1. The number of hydrogen-bond acceptors (Lipinski definition) is 5. The molecule has 0 saturated heterocycles. The van der Waals surface area contributed by atoms with Gasteiger partial charge in [-0.3, -0.25) is 14.3 Å². The number of anilines is 1. The van der Waals surface area contributed by atoms with E-state index in [1.165, 1.54) is 0 Å². The standard InChI is InChI=1S/C8H10N4O3/c9-6-5(11-15)7(13)12(8(14)10-6)3-4-1-2-4/h4H,1-3,9H2,(H,10,14). The van der Waals surface area contributed by atoms with Gasteiger partial charge in [0.15, 0.2) is 0 Å². The van der Waals surface area contributed by atoms with Crippen LogP contribution in [0, 0.1) is 10.8 Å². The fraction of sp³-hybridized carbons (Fsp3) is 0.500. The predicted octanol–water partition coefficient (Wildman–Crippen LogP) is -0.0733. The molecule has 7 heteroatoms. The fourth-order valence-corrected chi connectivity index (χ4v) is 1.39. The van der Waals surface area contributed by atoms with Crippen LogP contribution in [0.4, 0.5) is 11.5 Å². The third-order valence-electron chi connectivity index (χ3n) is 2.42. The van der Waals surface area contributed by atoms with Crippen molar-refractivity contribution in [3.05, 3.63) is 25.7 Å². The molecule has 7 nitrogen and oxygen atoms in total. The van der Waals surface area contributed by atoms with Crippen molar-refractivity contribution in [1.29, 1.82) is 0 Å². The van der Waals surface area contributed by atoms with Crippen LogP contribution in [0.15, 0.2) is 14.8 Å². The van der Waals surface area contributed by atoms with Crippen molar-refractivity contribution >= 4 is 11.5 Å². The molecule has 15 heavy (non-hydrogen) atoms. The molecule has 3 N–H and O–H groups in total. The van der Waals surface area contributed by atoms with Gasteiger partial charge >= 0.3 is 5.69 Å². The van der Waals surface area contributed by atoms with Crippen LogP contribution in [0.5, 0.6) is 0 Å². The summed E-state index contributed by atoms with van der Waals surface area (Å²) in [6.07, 6.45) is 2.00. The molecule has 0 amide bonds. The van der Waals surface area contributed by atoms with Crippen LogP contribution >= 0.6 is 0 Å². The highest BCUT2D eigenvalue weighted by molar-refractivity contribution is 5.54. The molecule has 0 bridgehead atoms. The summed E-state index contributed by atoms with van der Waals surface area (Å²) in [6.45, 7) is 0.330. The van der Waals surface area contributed by atoms with E-state index in [0.29, 0.717) is 12.5 Å². The maximum atomic E-state index is 11.6. The first-order valence-corrected chi connectivity index (χ1v) is 4.59. The van der Waals surface area contributed by atoms with Gasteiger partial charge in [-0.15, -0.1) is 4.91 Å². The summed E-state index contributed by atoms with van der Waals surface area (Å²) >= 11 is 0. The van der Waals surface area contributed by atoms with Crippen molar-refractivity contribution in [1.82, 2.24) is 9.55 Å². The Labute approximate surface area is 83.9 Å². The lowest BCUT2D eigenvalue weighted by Crippen LogP contribution is -2.36. The van der Waals surface area contributed by atoms with Crippen LogP contribution in [0.1, 0.15) is 12.8 Å². The number of H-pyrrole nitrogens is 1. The fourth-order valence-electron chi connectivity index (χ4n) is 1.39. The molecule has 0 spiro atoms. The van der Waals surface area contributed by atoms with E-state index in [1.54, 1.807) is 0 Å². The van der Waals surface area contributed by atoms with Crippen LogP contribution < -0.4 is 17.0 Å². The van der Waals surface area contributed by atoms with Crippen molar-refractivity contribution in [3.8, 4) is 0 Å². The van der Waals surface area contributed by atoms with Crippen LogP contribution in [0.2, 0.25) is 0 Å². The first-order valence-electron chi connectivity index (χ1n) is 4.59. The van der Waals surface area contributed by atoms with Gasteiger partial charge in [-0.25, -0.2) is 4.79 Å². The summed E-state index contributed by atoms with van der Waals surface area (Å²) in [6, 6.07) is 0. The average Bonchev–Trinajstić information content (AvgIpc) is 2.96. The lowest BCUT2D eigenvalue weighted by atomic mass is 10.4. The molecule has 0 unspecified atom stereocenters. The van der Waals surface area contributed by atoms with Crippen molar-refractivity contribution in [2.45, 2.75) is 19.4 Å².